The number of amides is 1. The fourth-order valence-corrected chi connectivity index (χ4v) is 4.39. The number of aliphatic hydroxyl groups is 1. The normalized spacial score (nSPS) is 10.8. The van der Waals surface area contributed by atoms with Crippen LogP contribution in [-0.2, 0) is 11.4 Å². The van der Waals surface area contributed by atoms with E-state index in [9.17, 15) is 4.79 Å². The highest BCUT2D eigenvalue weighted by Gasteiger charge is 2.12. The molecule has 146 valence electrons. The average Bonchev–Trinajstić information content (AvgIpc) is 3.09. The fourth-order valence-electron chi connectivity index (χ4n) is 2.83. The third-order valence-corrected chi connectivity index (χ3v) is 5.18. The Bertz CT molecular complexity index is 990. The summed E-state index contributed by atoms with van der Waals surface area (Å²) in [6.07, 6.45) is 0. The molecule has 0 saturated heterocycles. The van der Waals surface area contributed by atoms with Crippen LogP contribution in [0.2, 0.25) is 0 Å². The summed E-state index contributed by atoms with van der Waals surface area (Å²) < 4.78 is 13.0. The summed E-state index contributed by atoms with van der Waals surface area (Å²) in [6.45, 7) is 3.62. The Morgan fingerprint density at radius 1 is 1.11 bits per heavy atom. The summed E-state index contributed by atoms with van der Waals surface area (Å²) in [5, 5.41) is 12.0. The molecule has 1 heterocycles. The quantitative estimate of drug-likeness (QED) is 0.454. The van der Waals surface area contributed by atoms with Gasteiger partial charge < -0.3 is 19.6 Å². The van der Waals surface area contributed by atoms with Gasteiger partial charge in [-0.2, -0.15) is 0 Å². The molecule has 0 unspecified atom stereocenters. The van der Waals surface area contributed by atoms with Gasteiger partial charge in [0.25, 0.3) is 5.91 Å². The number of hydrogen-bond donors (Lipinski definition) is 2. The number of benzene rings is 2. The van der Waals surface area contributed by atoms with Gasteiger partial charge in [0.15, 0.2) is 6.61 Å². The maximum Gasteiger partial charge on any atom is 0.262 e. The molecule has 5 nitrogen and oxygen atoms in total. The number of hydrogen-bond acceptors (Lipinski definition) is 4. The van der Waals surface area contributed by atoms with Crippen molar-refractivity contribution in [2.45, 2.75) is 20.5 Å². The summed E-state index contributed by atoms with van der Waals surface area (Å²) >= 11 is 6.87. The number of rotatable bonds is 6. The molecule has 2 N–H and O–H groups in total. The molecule has 0 bridgehead atoms. The minimum absolute atomic E-state index is 0.0973. The number of aliphatic hydroxyl groups excluding tert-OH is 1. The zero-order valence-corrected chi connectivity index (χ0v) is 18.6. The van der Waals surface area contributed by atoms with Crippen LogP contribution < -0.4 is 10.1 Å². The second kappa shape index (κ2) is 8.94. The molecule has 28 heavy (non-hydrogen) atoms. The molecule has 0 radical (unpaired) electrons. The van der Waals surface area contributed by atoms with E-state index in [0.717, 1.165) is 25.6 Å². The highest BCUT2D eigenvalue weighted by molar-refractivity contribution is 9.11. The Labute approximate surface area is 180 Å². The van der Waals surface area contributed by atoms with E-state index in [1.165, 1.54) is 0 Å². The number of ether oxygens (including phenoxy) is 1. The number of carbonyl (C=O) groups excluding carboxylic acids is 1. The van der Waals surface area contributed by atoms with Gasteiger partial charge in [0.1, 0.15) is 23.9 Å². The lowest BCUT2D eigenvalue weighted by molar-refractivity contribution is -0.118. The Balaban J connectivity index is 1.65. The van der Waals surface area contributed by atoms with Gasteiger partial charge in [-0.05, 0) is 83.4 Å². The third kappa shape index (κ3) is 4.84. The smallest absolute Gasteiger partial charge is 0.262 e. The molecule has 3 rings (SSSR count). The third-order valence-electron chi connectivity index (χ3n) is 4.13. The van der Waals surface area contributed by atoms with Crippen LogP contribution in [-0.4, -0.2) is 17.6 Å². The average molecular weight is 509 g/mol. The van der Waals surface area contributed by atoms with Crippen molar-refractivity contribution in [1.29, 1.82) is 0 Å². The first-order valence-electron chi connectivity index (χ1n) is 8.56. The molecule has 0 saturated carbocycles. The largest absolute Gasteiger partial charge is 0.482 e. The summed E-state index contributed by atoms with van der Waals surface area (Å²) in [7, 11) is 0. The molecule has 0 aliphatic heterocycles. The van der Waals surface area contributed by atoms with Crippen LogP contribution in [0, 0.1) is 13.8 Å². The number of aryl methyl sites for hydroxylation is 2. The number of nitrogens with one attached hydrogen (secondary N) is 1. The van der Waals surface area contributed by atoms with Crippen LogP contribution in [0.15, 0.2) is 55.8 Å². The maximum atomic E-state index is 12.3. The minimum atomic E-state index is -0.248. The van der Waals surface area contributed by atoms with E-state index in [2.05, 4.69) is 37.2 Å². The first-order valence-corrected chi connectivity index (χ1v) is 10.1. The number of halogens is 2. The molecular weight excluding hydrogens is 490 g/mol. The van der Waals surface area contributed by atoms with Crippen molar-refractivity contribution in [2.75, 3.05) is 11.9 Å². The molecule has 0 fully saturated rings. The Morgan fingerprint density at radius 2 is 1.89 bits per heavy atom. The standard InChI is InChI=1S/C21H19Br2NO4/c1-12-8-15(3-5-17(12)19-6-4-16(10-25)28-19)24-20(26)11-27-21-13(2)7-14(22)9-18(21)23/h3-9,25H,10-11H2,1-2H3,(H,24,26). The van der Waals surface area contributed by atoms with Gasteiger partial charge in [-0.15, -0.1) is 0 Å². The van der Waals surface area contributed by atoms with Gasteiger partial charge in [-0.3, -0.25) is 4.79 Å². The zero-order valence-electron chi connectivity index (χ0n) is 15.4. The van der Waals surface area contributed by atoms with Gasteiger partial charge in [0, 0.05) is 15.7 Å². The zero-order chi connectivity index (χ0) is 20.3. The second-order valence-electron chi connectivity index (χ2n) is 6.32. The number of carbonyl (C=O) groups is 1. The van der Waals surface area contributed by atoms with Crippen molar-refractivity contribution in [3.63, 3.8) is 0 Å². The molecule has 1 amide bonds. The van der Waals surface area contributed by atoms with Crippen LogP contribution in [0.25, 0.3) is 11.3 Å². The van der Waals surface area contributed by atoms with Gasteiger partial charge in [-0.25, -0.2) is 0 Å². The van der Waals surface area contributed by atoms with Crippen LogP contribution in [0.5, 0.6) is 5.75 Å². The van der Waals surface area contributed by atoms with E-state index >= 15 is 0 Å². The van der Waals surface area contributed by atoms with Gasteiger partial charge in [0.2, 0.25) is 0 Å². The van der Waals surface area contributed by atoms with E-state index in [1.54, 1.807) is 6.07 Å². The molecule has 2 aromatic carbocycles. The summed E-state index contributed by atoms with van der Waals surface area (Å²) in [5.74, 6) is 1.58. The maximum absolute atomic E-state index is 12.3. The molecule has 7 heteroatoms. The SMILES string of the molecule is Cc1cc(NC(=O)COc2c(C)cc(Br)cc2Br)ccc1-c1ccc(CO)o1. The van der Waals surface area contributed by atoms with Gasteiger partial charge in [-0.1, -0.05) is 15.9 Å². The predicted octanol–water partition coefficient (Wildman–Crippen LogP) is 5.60. The van der Waals surface area contributed by atoms with Crippen LogP contribution in [0.3, 0.4) is 0 Å². The van der Waals surface area contributed by atoms with Crippen molar-refractivity contribution in [3.05, 3.63) is 68.3 Å². The highest BCUT2D eigenvalue weighted by atomic mass is 79.9. The van der Waals surface area contributed by atoms with E-state index < -0.39 is 0 Å². The molecule has 0 aliphatic carbocycles. The summed E-state index contributed by atoms with van der Waals surface area (Å²) in [5.41, 5.74) is 3.46. The lowest BCUT2D eigenvalue weighted by atomic mass is 10.1. The predicted molar refractivity (Wildman–Crippen MR) is 116 cm³/mol. The number of furan rings is 1. The van der Waals surface area contributed by atoms with Crippen LogP contribution in [0.4, 0.5) is 5.69 Å². The Kier molecular flexibility index (Phi) is 6.59. The van der Waals surface area contributed by atoms with Crippen LogP contribution in [0.1, 0.15) is 16.9 Å². The van der Waals surface area contributed by atoms with Gasteiger partial charge >= 0.3 is 0 Å². The molecule has 0 spiro atoms. The van der Waals surface area contributed by atoms with E-state index in [0.29, 0.717) is 23.0 Å². The lowest BCUT2D eigenvalue weighted by Crippen LogP contribution is -2.20. The number of anilines is 1. The Morgan fingerprint density at radius 3 is 2.54 bits per heavy atom. The Hall–Kier alpha value is -2.09. The molecule has 0 atom stereocenters. The van der Waals surface area contributed by atoms with Crippen LogP contribution >= 0.6 is 31.9 Å². The topological polar surface area (TPSA) is 71.7 Å². The first kappa shape index (κ1) is 20.6. The first-order chi connectivity index (χ1) is 13.4. The molecule has 3 aromatic rings. The van der Waals surface area contributed by atoms with E-state index in [-0.39, 0.29) is 19.1 Å². The summed E-state index contributed by atoms with van der Waals surface area (Å²) in [6, 6.07) is 12.9. The second-order valence-corrected chi connectivity index (χ2v) is 8.09. The fraction of sp³-hybridized carbons (Fsp3) is 0.190. The van der Waals surface area contributed by atoms with Crippen molar-refractivity contribution in [3.8, 4) is 17.1 Å². The minimum Gasteiger partial charge on any atom is -0.482 e. The molecular formula is C21H19Br2NO4. The van der Waals surface area contributed by atoms with Crippen molar-refractivity contribution < 1.29 is 19.1 Å². The van der Waals surface area contributed by atoms with Crippen molar-refractivity contribution in [1.82, 2.24) is 0 Å². The highest BCUT2D eigenvalue weighted by Crippen LogP contribution is 2.32. The van der Waals surface area contributed by atoms with E-state index in [4.69, 9.17) is 14.3 Å². The summed E-state index contributed by atoms with van der Waals surface area (Å²) in [4.78, 5) is 12.3. The van der Waals surface area contributed by atoms with Crippen molar-refractivity contribution in [2.24, 2.45) is 0 Å². The van der Waals surface area contributed by atoms with Gasteiger partial charge in [0.05, 0.1) is 4.47 Å². The lowest BCUT2D eigenvalue weighted by Gasteiger charge is -2.12. The van der Waals surface area contributed by atoms with Crippen molar-refractivity contribution >= 4 is 43.5 Å². The molecule has 1 aromatic heterocycles. The molecule has 0 aliphatic rings. The van der Waals surface area contributed by atoms with E-state index in [1.807, 2.05) is 50.2 Å². The monoisotopic (exact) mass is 507 g/mol.